The molecule has 0 fully saturated rings. The number of aromatic hydroxyl groups is 1. The monoisotopic (exact) mass is 251 g/mol. The summed E-state index contributed by atoms with van der Waals surface area (Å²) < 4.78 is 5.13. The lowest BCUT2D eigenvalue weighted by molar-refractivity contribution is 0.374. The average molecular weight is 251 g/mol. The summed E-state index contributed by atoms with van der Waals surface area (Å²) in [6.45, 7) is 0. The smallest absolute Gasteiger partial charge is 0.161 e. The number of fused-ring (bicyclic) bond motifs is 1. The molecule has 0 atom stereocenters. The maximum absolute atomic E-state index is 9.93. The number of benzene rings is 2. The lowest BCUT2D eigenvalue weighted by Gasteiger charge is -2.09. The summed E-state index contributed by atoms with van der Waals surface area (Å²) in [6.07, 6.45) is 1.77. The van der Waals surface area contributed by atoms with Crippen LogP contribution < -0.4 is 4.74 Å². The van der Waals surface area contributed by atoms with Gasteiger partial charge < -0.3 is 9.84 Å². The van der Waals surface area contributed by atoms with Gasteiger partial charge >= 0.3 is 0 Å². The molecule has 19 heavy (non-hydrogen) atoms. The molecule has 0 radical (unpaired) electrons. The first-order valence-corrected chi connectivity index (χ1v) is 6.01. The Morgan fingerprint density at radius 2 is 1.84 bits per heavy atom. The van der Waals surface area contributed by atoms with Gasteiger partial charge in [0.05, 0.1) is 12.8 Å². The van der Waals surface area contributed by atoms with Crippen LogP contribution in [0.2, 0.25) is 0 Å². The third-order valence-corrected chi connectivity index (χ3v) is 3.11. The molecule has 0 amide bonds. The highest BCUT2D eigenvalue weighted by Gasteiger charge is 2.09. The van der Waals surface area contributed by atoms with Gasteiger partial charge in [-0.1, -0.05) is 30.3 Å². The zero-order valence-corrected chi connectivity index (χ0v) is 10.5. The second kappa shape index (κ2) is 4.61. The van der Waals surface area contributed by atoms with Gasteiger partial charge in [-0.3, -0.25) is 4.98 Å². The molecule has 3 aromatic rings. The van der Waals surface area contributed by atoms with E-state index in [-0.39, 0.29) is 5.75 Å². The minimum Gasteiger partial charge on any atom is -0.504 e. The third kappa shape index (κ3) is 1.99. The van der Waals surface area contributed by atoms with Gasteiger partial charge in [-0.05, 0) is 23.6 Å². The molecule has 0 saturated heterocycles. The molecule has 0 saturated carbocycles. The zero-order valence-electron chi connectivity index (χ0n) is 10.5. The summed E-state index contributed by atoms with van der Waals surface area (Å²) in [5, 5.41) is 11.8. The van der Waals surface area contributed by atoms with E-state index >= 15 is 0 Å². The first-order chi connectivity index (χ1) is 9.29. The van der Waals surface area contributed by atoms with Gasteiger partial charge in [0, 0.05) is 17.1 Å². The first-order valence-electron chi connectivity index (χ1n) is 6.01. The first kappa shape index (κ1) is 11.5. The van der Waals surface area contributed by atoms with Crippen molar-refractivity contribution in [2.24, 2.45) is 0 Å². The molecule has 0 aliphatic carbocycles. The number of rotatable bonds is 2. The molecular weight excluding hydrogens is 238 g/mol. The minimum absolute atomic E-state index is 0.125. The number of phenols is 1. The van der Waals surface area contributed by atoms with Crippen molar-refractivity contribution in [1.82, 2.24) is 4.98 Å². The standard InChI is InChI=1S/C16H13NO2/c1-19-15-9-12-7-8-17-16(13(12)10-14(15)18)11-5-3-2-4-6-11/h2-10,18H,1H3. The van der Waals surface area contributed by atoms with Gasteiger partial charge in [0.15, 0.2) is 11.5 Å². The number of pyridine rings is 1. The van der Waals surface area contributed by atoms with Crippen molar-refractivity contribution in [2.75, 3.05) is 7.11 Å². The van der Waals surface area contributed by atoms with Crippen molar-refractivity contribution in [3.63, 3.8) is 0 Å². The highest BCUT2D eigenvalue weighted by molar-refractivity contribution is 5.96. The van der Waals surface area contributed by atoms with Crippen LogP contribution in [0.4, 0.5) is 0 Å². The molecule has 1 N–H and O–H groups in total. The van der Waals surface area contributed by atoms with E-state index in [0.717, 1.165) is 22.0 Å². The Kier molecular flexibility index (Phi) is 2.80. The summed E-state index contributed by atoms with van der Waals surface area (Å²) in [6, 6.07) is 15.3. The lowest BCUT2D eigenvalue weighted by Crippen LogP contribution is -1.88. The number of ether oxygens (including phenoxy) is 1. The molecule has 0 aliphatic rings. The number of methoxy groups -OCH3 is 1. The van der Waals surface area contributed by atoms with E-state index in [4.69, 9.17) is 4.74 Å². The van der Waals surface area contributed by atoms with E-state index in [0.29, 0.717) is 5.75 Å². The van der Waals surface area contributed by atoms with E-state index in [9.17, 15) is 5.11 Å². The maximum Gasteiger partial charge on any atom is 0.161 e. The normalized spacial score (nSPS) is 10.6. The number of nitrogens with zero attached hydrogens (tertiary/aromatic N) is 1. The van der Waals surface area contributed by atoms with Gasteiger partial charge in [0.1, 0.15) is 0 Å². The number of aromatic nitrogens is 1. The molecule has 0 bridgehead atoms. The van der Waals surface area contributed by atoms with Gasteiger partial charge in [-0.15, -0.1) is 0 Å². The Bertz CT molecular complexity index is 723. The Balaban J connectivity index is 2.30. The molecule has 0 spiro atoms. The summed E-state index contributed by atoms with van der Waals surface area (Å²) in [5.74, 6) is 0.595. The molecule has 94 valence electrons. The molecule has 3 rings (SSSR count). The Labute approximate surface area is 111 Å². The maximum atomic E-state index is 9.93. The topological polar surface area (TPSA) is 42.4 Å². The summed E-state index contributed by atoms with van der Waals surface area (Å²) in [4.78, 5) is 4.42. The zero-order chi connectivity index (χ0) is 13.2. The minimum atomic E-state index is 0.125. The largest absolute Gasteiger partial charge is 0.504 e. The van der Waals surface area contributed by atoms with Crippen LogP contribution in [0.1, 0.15) is 0 Å². The lowest BCUT2D eigenvalue weighted by atomic mass is 10.0. The van der Waals surface area contributed by atoms with Crippen molar-refractivity contribution >= 4 is 10.8 Å². The summed E-state index contributed by atoms with van der Waals surface area (Å²) in [5.41, 5.74) is 1.88. The molecule has 0 unspecified atom stereocenters. The van der Waals surface area contributed by atoms with E-state index in [2.05, 4.69) is 4.98 Å². The van der Waals surface area contributed by atoms with Crippen LogP contribution in [0.15, 0.2) is 54.7 Å². The molecule has 1 aromatic heterocycles. The Morgan fingerprint density at radius 3 is 2.58 bits per heavy atom. The van der Waals surface area contributed by atoms with Gasteiger partial charge in [0.2, 0.25) is 0 Å². The van der Waals surface area contributed by atoms with Gasteiger partial charge in [0.25, 0.3) is 0 Å². The fourth-order valence-corrected chi connectivity index (χ4v) is 2.18. The van der Waals surface area contributed by atoms with Crippen LogP contribution in [-0.2, 0) is 0 Å². The van der Waals surface area contributed by atoms with Crippen LogP contribution in [0, 0.1) is 0 Å². The Morgan fingerprint density at radius 1 is 1.05 bits per heavy atom. The number of phenolic OH excluding ortho intramolecular Hbond substituents is 1. The molecule has 3 nitrogen and oxygen atoms in total. The quantitative estimate of drug-likeness (QED) is 0.756. The fraction of sp³-hybridized carbons (Fsp3) is 0.0625. The fourth-order valence-electron chi connectivity index (χ4n) is 2.18. The van der Waals surface area contributed by atoms with E-state index < -0.39 is 0 Å². The summed E-state index contributed by atoms with van der Waals surface area (Å²) in [7, 11) is 1.54. The number of hydrogen-bond acceptors (Lipinski definition) is 3. The third-order valence-electron chi connectivity index (χ3n) is 3.11. The SMILES string of the molecule is COc1cc2ccnc(-c3ccccc3)c2cc1O. The average Bonchev–Trinajstić information content (AvgIpc) is 2.47. The van der Waals surface area contributed by atoms with Crippen LogP contribution in [-0.4, -0.2) is 17.2 Å². The van der Waals surface area contributed by atoms with Crippen LogP contribution in [0.25, 0.3) is 22.0 Å². The Hall–Kier alpha value is -2.55. The predicted octanol–water partition coefficient (Wildman–Crippen LogP) is 3.62. The van der Waals surface area contributed by atoms with Crippen molar-refractivity contribution < 1.29 is 9.84 Å². The van der Waals surface area contributed by atoms with Crippen LogP contribution in [0.3, 0.4) is 0 Å². The molecule has 1 heterocycles. The van der Waals surface area contributed by atoms with Crippen molar-refractivity contribution in [1.29, 1.82) is 0 Å². The summed E-state index contributed by atoms with van der Waals surface area (Å²) >= 11 is 0. The number of hydrogen-bond donors (Lipinski definition) is 1. The predicted molar refractivity (Wildman–Crippen MR) is 75.4 cm³/mol. The molecule has 2 aromatic carbocycles. The van der Waals surface area contributed by atoms with Crippen LogP contribution >= 0.6 is 0 Å². The van der Waals surface area contributed by atoms with Gasteiger partial charge in [-0.25, -0.2) is 0 Å². The highest BCUT2D eigenvalue weighted by atomic mass is 16.5. The molecular formula is C16H13NO2. The van der Waals surface area contributed by atoms with E-state index in [1.807, 2.05) is 42.5 Å². The van der Waals surface area contributed by atoms with E-state index in [1.54, 1.807) is 19.4 Å². The van der Waals surface area contributed by atoms with Crippen molar-refractivity contribution in [3.05, 3.63) is 54.7 Å². The second-order valence-corrected chi connectivity index (χ2v) is 4.27. The van der Waals surface area contributed by atoms with Crippen molar-refractivity contribution in [2.45, 2.75) is 0 Å². The van der Waals surface area contributed by atoms with E-state index in [1.165, 1.54) is 0 Å². The second-order valence-electron chi connectivity index (χ2n) is 4.27. The van der Waals surface area contributed by atoms with Crippen molar-refractivity contribution in [3.8, 4) is 22.8 Å². The molecule has 3 heteroatoms. The molecule has 0 aliphatic heterocycles. The highest BCUT2D eigenvalue weighted by Crippen LogP contribution is 2.35. The van der Waals surface area contributed by atoms with Crippen LogP contribution in [0.5, 0.6) is 11.5 Å². The van der Waals surface area contributed by atoms with Gasteiger partial charge in [-0.2, -0.15) is 0 Å².